The summed E-state index contributed by atoms with van der Waals surface area (Å²) in [6, 6.07) is 7.71. The lowest BCUT2D eigenvalue weighted by molar-refractivity contribution is -0.139. The van der Waals surface area contributed by atoms with Gasteiger partial charge in [-0.05, 0) is 39.1 Å². The van der Waals surface area contributed by atoms with E-state index >= 15 is 0 Å². The molecule has 0 aliphatic heterocycles. The van der Waals surface area contributed by atoms with E-state index < -0.39 is 12.1 Å². The van der Waals surface area contributed by atoms with Gasteiger partial charge in [0.05, 0.1) is 19.1 Å². The van der Waals surface area contributed by atoms with Crippen molar-refractivity contribution in [1.29, 1.82) is 0 Å². The molecular formula is C12H13IN4O3. The number of carboxylic acid groups (broad SMARTS) is 1. The van der Waals surface area contributed by atoms with Gasteiger partial charge in [0.1, 0.15) is 0 Å². The normalized spacial score (nSPS) is 12.3. The summed E-state index contributed by atoms with van der Waals surface area (Å²) in [5, 5.41) is 20.4. The fourth-order valence-corrected chi connectivity index (χ4v) is 2.40. The Kier molecular flexibility index (Phi) is 5.01. The topological polar surface area (TPSA) is 90.1 Å². The molecule has 0 spiro atoms. The van der Waals surface area contributed by atoms with Gasteiger partial charge in [-0.1, -0.05) is 18.2 Å². The maximum atomic E-state index is 10.8. The molecule has 1 aromatic carbocycles. The minimum atomic E-state index is -0.916. The SMILES string of the molecule is COC(CC(=O)O)Cn1nnnc1-c1ccccc1I. The lowest BCUT2D eigenvalue weighted by Gasteiger charge is -2.13. The zero-order chi connectivity index (χ0) is 14.5. The third-order valence-corrected chi connectivity index (χ3v) is 3.70. The van der Waals surface area contributed by atoms with Gasteiger partial charge in [0.2, 0.25) is 0 Å². The molecule has 0 aliphatic rings. The Balaban J connectivity index is 2.25. The number of halogens is 1. The molecule has 0 amide bonds. The summed E-state index contributed by atoms with van der Waals surface area (Å²) in [5.41, 5.74) is 0.906. The van der Waals surface area contributed by atoms with Crippen molar-refractivity contribution >= 4 is 28.6 Å². The van der Waals surface area contributed by atoms with Crippen LogP contribution in [-0.2, 0) is 16.1 Å². The highest BCUT2D eigenvalue weighted by atomic mass is 127. The van der Waals surface area contributed by atoms with Crippen molar-refractivity contribution in [2.45, 2.75) is 19.1 Å². The first-order chi connectivity index (χ1) is 9.61. The molecule has 106 valence electrons. The van der Waals surface area contributed by atoms with Crippen LogP contribution in [0.4, 0.5) is 0 Å². The van der Waals surface area contributed by atoms with Gasteiger partial charge in [-0.3, -0.25) is 4.79 Å². The van der Waals surface area contributed by atoms with Gasteiger partial charge in [-0.2, -0.15) is 0 Å². The number of benzene rings is 1. The number of aromatic nitrogens is 4. The molecule has 1 unspecified atom stereocenters. The molecular weight excluding hydrogens is 375 g/mol. The van der Waals surface area contributed by atoms with E-state index in [-0.39, 0.29) is 13.0 Å². The van der Waals surface area contributed by atoms with Gasteiger partial charge >= 0.3 is 5.97 Å². The van der Waals surface area contributed by atoms with Crippen molar-refractivity contribution in [2.24, 2.45) is 0 Å². The molecule has 1 N–H and O–H groups in total. The Labute approximate surface area is 129 Å². The van der Waals surface area contributed by atoms with E-state index in [1.807, 2.05) is 24.3 Å². The van der Waals surface area contributed by atoms with Crippen molar-refractivity contribution in [3.63, 3.8) is 0 Å². The number of rotatable bonds is 6. The summed E-state index contributed by atoms with van der Waals surface area (Å²) in [5.74, 6) is -0.316. The number of aliphatic carboxylic acids is 1. The highest BCUT2D eigenvalue weighted by Gasteiger charge is 2.18. The van der Waals surface area contributed by atoms with E-state index in [0.29, 0.717) is 5.82 Å². The Morgan fingerprint density at radius 1 is 1.50 bits per heavy atom. The largest absolute Gasteiger partial charge is 0.481 e. The first kappa shape index (κ1) is 14.9. The molecule has 0 radical (unpaired) electrons. The van der Waals surface area contributed by atoms with E-state index in [4.69, 9.17) is 9.84 Å². The number of nitrogens with zero attached hydrogens (tertiary/aromatic N) is 4. The average Bonchev–Trinajstić information content (AvgIpc) is 2.86. The molecule has 0 fully saturated rings. The van der Waals surface area contributed by atoms with Crippen LogP contribution in [0.25, 0.3) is 11.4 Å². The van der Waals surface area contributed by atoms with Gasteiger partial charge < -0.3 is 9.84 Å². The van der Waals surface area contributed by atoms with Crippen molar-refractivity contribution < 1.29 is 14.6 Å². The molecule has 0 saturated heterocycles. The van der Waals surface area contributed by atoms with Gasteiger partial charge in [-0.25, -0.2) is 4.68 Å². The monoisotopic (exact) mass is 388 g/mol. The van der Waals surface area contributed by atoms with Crippen LogP contribution in [0, 0.1) is 3.57 Å². The Morgan fingerprint density at radius 3 is 2.90 bits per heavy atom. The Bertz CT molecular complexity index is 602. The van der Waals surface area contributed by atoms with E-state index in [9.17, 15) is 4.79 Å². The molecule has 20 heavy (non-hydrogen) atoms. The van der Waals surface area contributed by atoms with Crippen molar-refractivity contribution in [3.05, 3.63) is 27.8 Å². The molecule has 2 rings (SSSR count). The van der Waals surface area contributed by atoms with E-state index in [2.05, 4.69) is 38.1 Å². The zero-order valence-electron chi connectivity index (χ0n) is 10.7. The molecule has 0 aliphatic carbocycles. The quantitative estimate of drug-likeness (QED) is 0.754. The molecule has 1 heterocycles. The molecule has 8 heteroatoms. The van der Waals surface area contributed by atoms with Crippen LogP contribution in [0.3, 0.4) is 0 Å². The summed E-state index contributed by atoms with van der Waals surface area (Å²) in [6.07, 6.45) is -0.571. The van der Waals surface area contributed by atoms with Crippen LogP contribution in [0.2, 0.25) is 0 Å². The standard InChI is InChI=1S/C12H13IN4O3/c1-20-8(6-11(18)19)7-17-12(14-15-16-17)9-4-2-3-5-10(9)13/h2-5,8H,6-7H2,1H3,(H,18,19). The van der Waals surface area contributed by atoms with Crippen LogP contribution in [0.15, 0.2) is 24.3 Å². The summed E-state index contributed by atoms with van der Waals surface area (Å²) in [4.78, 5) is 10.8. The Hall–Kier alpha value is -1.55. The maximum absolute atomic E-state index is 10.8. The molecule has 0 bridgehead atoms. The first-order valence-electron chi connectivity index (χ1n) is 5.87. The summed E-state index contributed by atoms with van der Waals surface area (Å²) >= 11 is 2.21. The average molecular weight is 388 g/mol. The second-order valence-electron chi connectivity index (χ2n) is 4.12. The molecule has 0 saturated carbocycles. The van der Waals surface area contributed by atoms with Crippen molar-refractivity contribution in [1.82, 2.24) is 20.2 Å². The van der Waals surface area contributed by atoms with Crippen LogP contribution in [-0.4, -0.2) is 44.5 Å². The smallest absolute Gasteiger partial charge is 0.306 e. The minimum absolute atomic E-state index is 0.0956. The van der Waals surface area contributed by atoms with Gasteiger partial charge in [0.25, 0.3) is 0 Å². The highest BCUT2D eigenvalue weighted by Crippen LogP contribution is 2.22. The van der Waals surface area contributed by atoms with E-state index in [1.165, 1.54) is 7.11 Å². The fraction of sp³-hybridized carbons (Fsp3) is 0.333. The highest BCUT2D eigenvalue weighted by molar-refractivity contribution is 14.1. The second-order valence-corrected chi connectivity index (χ2v) is 5.28. The van der Waals surface area contributed by atoms with E-state index in [1.54, 1.807) is 4.68 Å². The lowest BCUT2D eigenvalue weighted by Crippen LogP contribution is -2.23. The minimum Gasteiger partial charge on any atom is -0.481 e. The zero-order valence-corrected chi connectivity index (χ0v) is 12.9. The molecule has 2 aromatic rings. The number of carboxylic acids is 1. The number of carbonyl (C=O) groups is 1. The predicted molar refractivity (Wildman–Crippen MR) is 79.0 cm³/mol. The first-order valence-corrected chi connectivity index (χ1v) is 6.95. The number of ether oxygens (including phenoxy) is 1. The lowest BCUT2D eigenvalue weighted by atomic mass is 10.2. The van der Waals surface area contributed by atoms with Crippen molar-refractivity contribution in [2.75, 3.05) is 7.11 Å². The predicted octanol–water partition coefficient (Wildman–Crippen LogP) is 1.43. The number of hydrogen-bond donors (Lipinski definition) is 1. The fourth-order valence-electron chi connectivity index (χ4n) is 1.77. The third kappa shape index (κ3) is 3.51. The van der Waals surface area contributed by atoms with Crippen molar-refractivity contribution in [3.8, 4) is 11.4 Å². The van der Waals surface area contributed by atoms with Crippen LogP contribution >= 0.6 is 22.6 Å². The van der Waals surface area contributed by atoms with Gasteiger partial charge in [-0.15, -0.1) is 5.10 Å². The number of methoxy groups -OCH3 is 1. The molecule has 7 nitrogen and oxygen atoms in total. The number of tetrazole rings is 1. The third-order valence-electron chi connectivity index (χ3n) is 2.76. The van der Waals surface area contributed by atoms with Gasteiger partial charge in [0.15, 0.2) is 5.82 Å². The number of hydrogen-bond acceptors (Lipinski definition) is 5. The van der Waals surface area contributed by atoms with E-state index in [0.717, 1.165) is 9.13 Å². The van der Waals surface area contributed by atoms with Crippen LogP contribution in [0.1, 0.15) is 6.42 Å². The molecule has 1 aromatic heterocycles. The van der Waals surface area contributed by atoms with Crippen LogP contribution < -0.4 is 0 Å². The maximum Gasteiger partial charge on any atom is 0.306 e. The molecule has 1 atom stereocenters. The summed E-state index contributed by atoms with van der Waals surface area (Å²) in [6.45, 7) is 0.288. The summed E-state index contributed by atoms with van der Waals surface area (Å²) in [7, 11) is 1.48. The van der Waals surface area contributed by atoms with Crippen LogP contribution in [0.5, 0.6) is 0 Å². The summed E-state index contributed by atoms with van der Waals surface area (Å²) < 4.78 is 7.74. The van der Waals surface area contributed by atoms with Gasteiger partial charge in [0, 0.05) is 16.2 Å². The Morgan fingerprint density at radius 2 is 2.25 bits per heavy atom. The second kappa shape index (κ2) is 6.75.